The third-order valence-electron chi connectivity index (χ3n) is 6.61. The third-order valence-corrected chi connectivity index (χ3v) is 6.61. The molecular weight excluding hydrogens is 390 g/mol. The summed E-state index contributed by atoms with van der Waals surface area (Å²) in [6, 6.07) is 13.7. The number of allylic oxidation sites excluding steroid dienone is 1. The highest BCUT2D eigenvalue weighted by molar-refractivity contribution is 5.80. The molecule has 6 heteroatoms. The highest BCUT2D eigenvalue weighted by atomic mass is 16.3. The lowest BCUT2D eigenvalue weighted by molar-refractivity contribution is -0.127. The van der Waals surface area contributed by atoms with Gasteiger partial charge in [0.15, 0.2) is 0 Å². The Kier molecular flexibility index (Phi) is 6.39. The SMILES string of the molecule is C/C=C/c1ccc2n(c1=O)C[C@@H]1[C@@H](CO)[C@H](C(=O)NCCC)[C@H]2N1Cc1ccccc1. The molecule has 3 heterocycles. The Morgan fingerprint density at radius 1 is 1.23 bits per heavy atom. The number of carbonyl (C=O) groups excluding carboxylic acids is 1. The average molecular weight is 422 g/mol. The van der Waals surface area contributed by atoms with Crippen LogP contribution in [0.15, 0.2) is 53.3 Å². The molecule has 1 fully saturated rings. The lowest BCUT2D eigenvalue weighted by Crippen LogP contribution is -2.46. The second-order valence-electron chi connectivity index (χ2n) is 8.46. The molecule has 0 aliphatic carbocycles. The summed E-state index contributed by atoms with van der Waals surface area (Å²) in [6.07, 6.45) is 4.54. The van der Waals surface area contributed by atoms with Gasteiger partial charge in [-0.05, 0) is 31.0 Å². The number of aliphatic hydroxyl groups is 1. The van der Waals surface area contributed by atoms with Crippen LogP contribution in [0.1, 0.15) is 43.1 Å². The first-order valence-corrected chi connectivity index (χ1v) is 11.1. The van der Waals surface area contributed by atoms with E-state index in [1.54, 1.807) is 0 Å². The van der Waals surface area contributed by atoms with Crippen molar-refractivity contribution >= 4 is 12.0 Å². The minimum Gasteiger partial charge on any atom is -0.396 e. The van der Waals surface area contributed by atoms with E-state index in [1.165, 1.54) is 0 Å². The van der Waals surface area contributed by atoms with Crippen LogP contribution in [-0.2, 0) is 17.9 Å². The molecule has 1 aromatic heterocycles. The summed E-state index contributed by atoms with van der Waals surface area (Å²) < 4.78 is 1.82. The van der Waals surface area contributed by atoms with Crippen molar-refractivity contribution in [3.63, 3.8) is 0 Å². The number of hydrogen-bond donors (Lipinski definition) is 2. The molecule has 2 aromatic rings. The van der Waals surface area contributed by atoms with Gasteiger partial charge >= 0.3 is 0 Å². The Morgan fingerprint density at radius 2 is 2.00 bits per heavy atom. The topological polar surface area (TPSA) is 74.6 Å². The van der Waals surface area contributed by atoms with Crippen LogP contribution in [-0.4, -0.2) is 39.7 Å². The van der Waals surface area contributed by atoms with Crippen molar-refractivity contribution in [2.75, 3.05) is 13.2 Å². The Balaban J connectivity index is 1.81. The maximum absolute atomic E-state index is 13.2. The van der Waals surface area contributed by atoms with E-state index in [1.807, 2.05) is 60.9 Å². The molecule has 0 saturated carbocycles. The number of amides is 1. The van der Waals surface area contributed by atoms with Gasteiger partial charge in [-0.15, -0.1) is 0 Å². The molecule has 6 nitrogen and oxygen atoms in total. The van der Waals surface area contributed by atoms with Gasteiger partial charge in [0.05, 0.1) is 12.0 Å². The Bertz CT molecular complexity index is 1010. The monoisotopic (exact) mass is 421 g/mol. The van der Waals surface area contributed by atoms with Gasteiger partial charge in [-0.1, -0.05) is 49.4 Å². The number of aliphatic hydroxyl groups excluding tert-OH is 1. The largest absolute Gasteiger partial charge is 0.396 e. The fourth-order valence-corrected chi connectivity index (χ4v) is 5.22. The quantitative estimate of drug-likeness (QED) is 0.721. The number of benzene rings is 1. The zero-order valence-electron chi connectivity index (χ0n) is 18.2. The summed E-state index contributed by atoms with van der Waals surface area (Å²) in [7, 11) is 0. The van der Waals surface area contributed by atoms with Gasteiger partial charge in [-0.25, -0.2) is 0 Å². The summed E-state index contributed by atoms with van der Waals surface area (Å²) >= 11 is 0. The minimum atomic E-state index is -0.397. The van der Waals surface area contributed by atoms with Crippen LogP contribution in [0.3, 0.4) is 0 Å². The first-order chi connectivity index (χ1) is 15.1. The van der Waals surface area contributed by atoms with E-state index < -0.39 is 5.92 Å². The van der Waals surface area contributed by atoms with E-state index in [-0.39, 0.29) is 36.1 Å². The van der Waals surface area contributed by atoms with Gasteiger partial charge in [0.25, 0.3) is 5.56 Å². The average Bonchev–Trinajstić information content (AvgIpc) is 2.99. The van der Waals surface area contributed by atoms with Crippen LogP contribution in [0.5, 0.6) is 0 Å². The summed E-state index contributed by atoms with van der Waals surface area (Å²) in [5, 5.41) is 13.4. The molecule has 1 saturated heterocycles. The van der Waals surface area contributed by atoms with Crippen molar-refractivity contribution in [3.05, 3.63) is 75.7 Å². The second-order valence-corrected chi connectivity index (χ2v) is 8.46. The Labute approximate surface area is 183 Å². The van der Waals surface area contributed by atoms with Crippen molar-refractivity contribution < 1.29 is 9.90 Å². The zero-order chi connectivity index (χ0) is 22.0. The second kappa shape index (κ2) is 9.20. The minimum absolute atomic E-state index is 0.0312. The lowest BCUT2D eigenvalue weighted by atomic mass is 9.86. The van der Waals surface area contributed by atoms with Gasteiger partial charge in [-0.3, -0.25) is 14.5 Å². The molecule has 0 spiro atoms. The van der Waals surface area contributed by atoms with Crippen LogP contribution in [0.4, 0.5) is 0 Å². The van der Waals surface area contributed by atoms with E-state index in [0.717, 1.165) is 17.7 Å². The Morgan fingerprint density at radius 3 is 2.68 bits per heavy atom. The number of nitrogens with zero attached hydrogens (tertiary/aromatic N) is 2. The van der Waals surface area contributed by atoms with Crippen LogP contribution in [0.2, 0.25) is 0 Å². The third kappa shape index (κ3) is 3.86. The van der Waals surface area contributed by atoms with Gasteiger partial charge in [0.2, 0.25) is 5.91 Å². The van der Waals surface area contributed by atoms with E-state index in [0.29, 0.717) is 25.2 Å². The number of rotatable bonds is 7. The number of carbonyl (C=O) groups is 1. The molecule has 164 valence electrons. The number of aromatic nitrogens is 1. The molecule has 1 amide bonds. The molecule has 1 aromatic carbocycles. The normalized spacial score (nSPS) is 25.0. The molecule has 2 aliphatic rings. The predicted octanol–water partition coefficient (Wildman–Crippen LogP) is 2.57. The van der Waals surface area contributed by atoms with Gasteiger partial charge in [-0.2, -0.15) is 0 Å². The molecule has 4 atom stereocenters. The lowest BCUT2D eigenvalue weighted by Gasteiger charge is -2.38. The fourth-order valence-electron chi connectivity index (χ4n) is 5.22. The molecule has 31 heavy (non-hydrogen) atoms. The summed E-state index contributed by atoms with van der Waals surface area (Å²) in [6.45, 7) is 5.60. The van der Waals surface area contributed by atoms with Gasteiger partial charge < -0.3 is 15.0 Å². The highest BCUT2D eigenvalue weighted by Crippen LogP contribution is 2.48. The predicted molar refractivity (Wildman–Crippen MR) is 121 cm³/mol. The molecule has 0 radical (unpaired) electrons. The number of fused-ring (bicyclic) bond motifs is 4. The molecule has 4 rings (SSSR count). The summed E-state index contributed by atoms with van der Waals surface area (Å²) in [4.78, 5) is 28.7. The van der Waals surface area contributed by atoms with E-state index >= 15 is 0 Å². The van der Waals surface area contributed by atoms with Crippen molar-refractivity contribution in [2.24, 2.45) is 11.8 Å². The molecule has 0 unspecified atom stereocenters. The van der Waals surface area contributed by atoms with Crippen LogP contribution < -0.4 is 10.9 Å². The molecule has 2 bridgehead atoms. The molecule has 2 aliphatic heterocycles. The van der Waals surface area contributed by atoms with Gasteiger partial charge in [0, 0.05) is 49.5 Å². The maximum Gasteiger partial charge on any atom is 0.258 e. The van der Waals surface area contributed by atoms with E-state index in [4.69, 9.17) is 0 Å². The maximum atomic E-state index is 13.2. The van der Waals surface area contributed by atoms with E-state index in [9.17, 15) is 14.7 Å². The van der Waals surface area contributed by atoms with Crippen molar-refractivity contribution in [1.82, 2.24) is 14.8 Å². The number of pyridine rings is 1. The smallest absolute Gasteiger partial charge is 0.258 e. The highest BCUT2D eigenvalue weighted by Gasteiger charge is 2.55. The first-order valence-electron chi connectivity index (χ1n) is 11.1. The summed E-state index contributed by atoms with van der Waals surface area (Å²) in [5.41, 5.74) is 2.63. The van der Waals surface area contributed by atoms with Crippen LogP contribution in [0, 0.1) is 11.8 Å². The van der Waals surface area contributed by atoms with Gasteiger partial charge in [0.1, 0.15) is 0 Å². The zero-order valence-corrected chi connectivity index (χ0v) is 18.2. The first kappa shape index (κ1) is 21.5. The Hall–Kier alpha value is -2.70. The van der Waals surface area contributed by atoms with Crippen LogP contribution >= 0.6 is 0 Å². The van der Waals surface area contributed by atoms with Crippen molar-refractivity contribution in [1.29, 1.82) is 0 Å². The molecular formula is C25H31N3O3. The summed E-state index contributed by atoms with van der Waals surface area (Å²) in [5.74, 6) is -0.661. The number of hydrogen-bond acceptors (Lipinski definition) is 4. The number of nitrogens with one attached hydrogen (secondary N) is 1. The standard InChI is InChI=1S/C25H31N3O3/c1-3-8-18-11-12-20-23-22(24(30)26-13-4-2)19(16-29)21(15-28(20)25(18)31)27(23)14-17-9-6-5-7-10-17/h3,5-12,19,21-23,29H,4,13-16H2,1-2H3,(H,26,30)/b8-3+/t19-,21-,22+,23+/m1/s1. The van der Waals surface area contributed by atoms with E-state index in [2.05, 4.69) is 22.3 Å². The van der Waals surface area contributed by atoms with Crippen molar-refractivity contribution in [2.45, 2.75) is 45.4 Å². The molecule has 2 N–H and O–H groups in total. The fraction of sp³-hybridized carbons (Fsp3) is 0.440. The van der Waals surface area contributed by atoms with Crippen molar-refractivity contribution in [3.8, 4) is 0 Å². The van der Waals surface area contributed by atoms with Crippen LogP contribution in [0.25, 0.3) is 6.08 Å².